The second-order valence-electron chi connectivity index (χ2n) is 6.71. The lowest BCUT2D eigenvalue weighted by molar-refractivity contribution is -0.141. The number of carbonyl (C=O) groups is 2. The highest BCUT2D eigenvalue weighted by Crippen LogP contribution is 2.50. The average molecular weight is 269 g/mol. The minimum atomic E-state index is -0.949. The van der Waals surface area contributed by atoms with E-state index in [1.165, 1.54) is 0 Å². The van der Waals surface area contributed by atoms with Crippen LogP contribution in [0.2, 0.25) is 0 Å². The zero-order valence-corrected chi connectivity index (χ0v) is 11.8. The van der Waals surface area contributed by atoms with Gasteiger partial charge in [-0.1, -0.05) is 0 Å². The third-order valence-corrected chi connectivity index (χ3v) is 3.66. The Balaban J connectivity index is 1.99. The van der Waals surface area contributed by atoms with E-state index in [2.05, 4.69) is 5.32 Å². The van der Waals surface area contributed by atoms with Gasteiger partial charge in [-0.25, -0.2) is 9.59 Å². The Morgan fingerprint density at radius 3 is 1.95 bits per heavy atom. The highest BCUT2D eigenvalue weighted by Gasteiger charge is 2.48. The van der Waals surface area contributed by atoms with E-state index < -0.39 is 23.7 Å². The third-order valence-electron chi connectivity index (χ3n) is 3.66. The largest absolute Gasteiger partial charge is 0.480 e. The molecule has 0 aromatic rings. The van der Waals surface area contributed by atoms with E-state index in [0.29, 0.717) is 11.8 Å². The van der Waals surface area contributed by atoms with E-state index in [4.69, 9.17) is 4.74 Å². The van der Waals surface area contributed by atoms with Crippen LogP contribution in [0.1, 0.15) is 46.5 Å². The van der Waals surface area contributed by atoms with Crippen molar-refractivity contribution in [3.63, 3.8) is 0 Å². The molecule has 19 heavy (non-hydrogen) atoms. The molecule has 0 heterocycles. The number of carboxylic acid groups (broad SMARTS) is 1. The summed E-state index contributed by atoms with van der Waals surface area (Å²) in [7, 11) is 0. The van der Waals surface area contributed by atoms with Crippen molar-refractivity contribution in [3.8, 4) is 0 Å². The van der Waals surface area contributed by atoms with Gasteiger partial charge in [-0.3, -0.25) is 0 Å². The summed E-state index contributed by atoms with van der Waals surface area (Å²) in [6, 6.07) is -0.810. The Hall–Kier alpha value is -1.26. The van der Waals surface area contributed by atoms with Crippen LogP contribution in [0.4, 0.5) is 4.79 Å². The summed E-state index contributed by atoms with van der Waals surface area (Å²) in [5.74, 6) is 0.0479. The maximum absolute atomic E-state index is 11.8. The number of carbonyl (C=O) groups excluding carboxylic acids is 1. The molecule has 0 unspecified atom stereocenters. The first-order chi connectivity index (χ1) is 8.78. The molecule has 0 spiro atoms. The van der Waals surface area contributed by atoms with Gasteiger partial charge < -0.3 is 15.2 Å². The Morgan fingerprint density at radius 2 is 1.63 bits per heavy atom. The molecule has 1 atom stereocenters. The molecule has 2 fully saturated rings. The van der Waals surface area contributed by atoms with E-state index in [-0.39, 0.29) is 5.92 Å². The van der Waals surface area contributed by atoms with Crippen molar-refractivity contribution in [2.45, 2.75) is 58.1 Å². The molecule has 2 rings (SSSR count). The summed E-state index contributed by atoms with van der Waals surface area (Å²) >= 11 is 0. The topological polar surface area (TPSA) is 75.6 Å². The lowest BCUT2D eigenvalue weighted by Crippen LogP contribution is -2.49. The van der Waals surface area contributed by atoms with Crippen molar-refractivity contribution in [2.24, 2.45) is 17.8 Å². The van der Waals surface area contributed by atoms with Crippen molar-refractivity contribution >= 4 is 12.1 Å². The molecule has 2 N–H and O–H groups in total. The SMILES string of the molecule is CC(C)(C)OC(=O)N[C@@H](C(=O)O)C(C1CC1)C1CC1. The normalized spacial score (nSPS) is 21.1. The van der Waals surface area contributed by atoms with Gasteiger partial charge in [-0.05, 0) is 64.2 Å². The Bertz CT molecular complexity index is 354. The summed E-state index contributed by atoms with van der Waals surface area (Å²) in [6.07, 6.45) is 3.70. The summed E-state index contributed by atoms with van der Waals surface area (Å²) in [6.45, 7) is 5.30. The van der Waals surface area contributed by atoms with E-state index >= 15 is 0 Å². The fourth-order valence-electron chi connectivity index (χ4n) is 2.65. The monoisotopic (exact) mass is 269 g/mol. The number of hydrogen-bond acceptors (Lipinski definition) is 3. The zero-order valence-electron chi connectivity index (χ0n) is 11.8. The van der Waals surface area contributed by atoms with Crippen LogP contribution in [0.3, 0.4) is 0 Å². The second-order valence-corrected chi connectivity index (χ2v) is 6.71. The maximum Gasteiger partial charge on any atom is 0.408 e. The molecule has 2 aliphatic carbocycles. The molecule has 0 aliphatic heterocycles. The summed E-state index contributed by atoms with van der Waals surface area (Å²) in [5.41, 5.74) is -0.609. The molecule has 2 saturated carbocycles. The second kappa shape index (κ2) is 5.02. The first kappa shape index (κ1) is 14.2. The predicted octanol–water partition coefficient (Wildman–Crippen LogP) is 2.40. The quantitative estimate of drug-likeness (QED) is 0.803. The lowest BCUT2D eigenvalue weighted by atomic mass is 9.89. The van der Waals surface area contributed by atoms with Gasteiger partial charge in [0.1, 0.15) is 11.6 Å². The first-order valence-electron chi connectivity index (χ1n) is 7.00. The van der Waals surface area contributed by atoms with Crippen molar-refractivity contribution < 1.29 is 19.4 Å². The number of carboxylic acids is 1. The van der Waals surface area contributed by atoms with Crippen molar-refractivity contribution in [2.75, 3.05) is 0 Å². The molecular formula is C14H23NO4. The molecule has 1 amide bonds. The maximum atomic E-state index is 11.8. The number of alkyl carbamates (subject to hydrolysis) is 1. The lowest BCUT2D eigenvalue weighted by Gasteiger charge is -2.27. The van der Waals surface area contributed by atoms with Gasteiger partial charge >= 0.3 is 12.1 Å². The molecule has 0 bridgehead atoms. The van der Waals surface area contributed by atoms with Crippen LogP contribution >= 0.6 is 0 Å². The first-order valence-corrected chi connectivity index (χ1v) is 7.00. The Morgan fingerprint density at radius 1 is 1.16 bits per heavy atom. The molecule has 0 aromatic heterocycles. The van der Waals surface area contributed by atoms with Crippen LogP contribution < -0.4 is 5.32 Å². The van der Waals surface area contributed by atoms with Crippen molar-refractivity contribution in [3.05, 3.63) is 0 Å². The zero-order chi connectivity index (χ0) is 14.2. The van der Waals surface area contributed by atoms with E-state index in [9.17, 15) is 14.7 Å². The Labute approximate surface area is 113 Å². The summed E-state index contributed by atoms with van der Waals surface area (Å²) in [5, 5.41) is 11.9. The van der Waals surface area contributed by atoms with Crippen LogP contribution in [0, 0.1) is 17.8 Å². The van der Waals surface area contributed by atoms with Gasteiger partial charge in [-0.15, -0.1) is 0 Å². The number of ether oxygens (including phenoxy) is 1. The smallest absolute Gasteiger partial charge is 0.408 e. The molecule has 0 radical (unpaired) electrons. The number of amides is 1. The molecule has 108 valence electrons. The van der Waals surface area contributed by atoms with Gasteiger partial charge in [0.15, 0.2) is 0 Å². The number of aliphatic carboxylic acids is 1. The van der Waals surface area contributed by atoms with Crippen LogP contribution in [-0.4, -0.2) is 28.8 Å². The van der Waals surface area contributed by atoms with Crippen LogP contribution in [0.15, 0.2) is 0 Å². The van der Waals surface area contributed by atoms with Gasteiger partial charge in [0.05, 0.1) is 0 Å². The van der Waals surface area contributed by atoms with Gasteiger partial charge in [0.2, 0.25) is 0 Å². The predicted molar refractivity (Wildman–Crippen MR) is 69.7 cm³/mol. The van der Waals surface area contributed by atoms with E-state index in [1.54, 1.807) is 20.8 Å². The van der Waals surface area contributed by atoms with Crippen LogP contribution in [0.5, 0.6) is 0 Å². The minimum Gasteiger partial charge on any atom is -0.480 e. The van der Waals surface area contributed by atoms with E-state index in [1.807, 2.05) is 0 Å². The van der Waals surface area contributed by atoms with Crippen LogP contribution in [-0.2, 0) is 9.53 Å². The minimum absolute atomic E-state index is 0.0741. The summed E-state index contributed by atoms with van der Waals surface area (Å²) in [4.78, 5) is 23.2. The van der Waals surface area contributed by atoms with Crippen molar-refractivity contribution in [1.82, 2.24) is 5.32 Å². The van der Waals surface area contributed by atoms with Gasteiger partial charge in [-0.2, -0.15) is 0 Å². The number of hydrogen-bond donors (Lipinski definition) is 2. The summed E-state index contributed by atoms with van der Waals surface area (Å²) < 4.78 is 5.16. The molecule has 5 nitrogen and oxygen atoms in total. The molecule has 0 aromatic carbocycles. The van der Waals surface area contributed by atoms with Gasteiger partial charge in [0, 0.05) is 0 Å². The Kier molecular flexibility index (Phi) is 3.74. The van der Waals surface area contributed by atoms with E-state index in [0.717, 1.165) is 25.7 Å². The fraction of sp³-hybridized carbons (Fsp3) is 0.857. The van der Waals surface area contributed by atoms with Crippen molar-refractivity contribution in [1.29, 1.82) is 0 Å². The average Bonchev–Trinajstić information content (AvgIpc) is 3.09. The number of nitrogens with one attached hydrogen (secondary N) is 1. The fourth-order valence-corrected chi connectivity index (χ4v) is 2.65. The third kappa shape index (κ3) is 4.11. The molecule has 0 saturated heterocycles. The van der Waals surface area contributed by atoms with Gasteiger partial charge in [0.25, 0.3) is 0 Å². The molecule has 2 aliphatic rings. The molecule has 5 heteroatoms. The van der Waals surface area contributed by atoms with Crippen LogP contribution in [0.25, 0.3) is 0 Å². The molecular weight excluding hydrogens is 246 g/mol. The highest BCUT2D eigenvalue weighted by molar-refractivity contribution is 5.80. The number of rotatable bonds is 5. The highest BCUT2D eigenvalue weighted by atomic mass is 16.6. The standard InChI is InChI=1S/C14H23NO4/c1-14(2,3)19-13(18)15-11(12(16)17)10(8-4-5-8)9-6-7-9/h8-11H,4-7H2,1-3H3,(H,15,18)(H,16,17)/t11-/m1/s1.